The highest BCUT2D eigenvalue weighted by atomic mass is 32.2. The number of carbonyl (C=O) groups is 2. The quantitative estimate of drug-likeness (QED) is 0.384. The Labute approximate surface area is 212 Å². The molecule has 1 aliphatic heterocycles. The van der Waals surface area contributed by atoms with Crippen molar-refractivity contribution < 1.29 is 37.0 Å². The lowest BCUT2D eigenvalue weighted by Gasteiger charge is -2.18. The molecule has 0 bridgehead atoms. The van der Waals surface area contributed by atoms with Crippen molar-refractivity contribution in [1.82, 2.24) is 4.57 Å². The fraction of sp³-hybridized carbons (Fsp3) is 0.375. The maximum Gasteiger partial charge on any atom is 0.326 e. The molecule has 0 fully saturated rings. The Morgan fingerprint density at radius 2 is 1.81 bits per heavy atom. The van der Waals surface area contributed by atoms with Crippen LogP contribution in [0.4, 0.5) is 0 Å². The zero-order valence-electron chi connectivity index (χ0n) is 19.9. The van der Waals surface area contributed by atoms with Gasteiger partial charge in [0.1, 0.15) is 25.5 Å². The summed E-state index contributed by atoms with van der Waals surface area (Å²) in [5, 5.41) is 0. The molecule has 0 spiro atoms. The lowest BCUT2D eigenvalue weighted by molar-refractivity contribution is -0.143. The number of amides is 1. The first-order valence-electron chi connectivity index (χ1n) is 11.3. The number of esters is 1. The highest BCUT2D eigenvalue weighted by Gasteiger charge is 2.19. The summed E-state index contributed by atoms with van der Waals surface area (Å²) in [5.74, 6) is 0.539. The van der Waals surface area contributed by atoms with E-state index in [9.17, 15) is 18.0 Å². The molecule has 36 heavy (non-hydrogen) atoms. The molecule has 1 aliphatic rings. The predicted molar refractivity (Wildman–Crippen MR) is 132 cm³/mol. The Bertz CT molecular complexity index is 1440. The van der Waals surface area contributed by atoms with Gasteiger partial charge in [-0.2, -0.15) is 4.99 Å². The van der Waals surface area contributed by atoms with Crippen LogP contribution in [0.1, 0.15) is 19.8 Å². The van der Waals surface area contributed by atoms with Crippen LogP contribution < -0.4 is 19.0 Å². The smallest absolute Gasteiger partial charge is 0.326 e. The normalized spacial score (nSPS) is 13.6. The number of thiazole rings is 1. The monoisotopic (exact) mass is 534 g/mol. The largest absolute Gasteiger partial charge is 0.497 e. The van der Waals surface area contributed by atoms with Gasteiger partial charge in [-0.1, -0.05) is 11.3 Å². The van der Waals surface area contributed by atoms with Gasteiger partial charge in [0.05, 0.1) is 34.6 Å². The topological polar surface area (TPSA) is 122 Å². The van der Waals surface area contributed by atoms with Crippen molar-refractivity contribution in [3.8, 4) is 17.2 Å². The number of carbonyl (C=O) groups excluding carboxylic acids is 2. The second kappa shape index (κ2) is 11.1. The summed E-state index contributed by atoms with van der Waals surface area (Å²) in [6.07, 6.45) is 0.0429. The summed E-state index contributed by atoms with van der Waals surface area (Å²) in [6, 6.07) is 9.65. The molecule has 2 heterocycles. The fourth-order valence-corrected chi connectivity index (χ4v) is 6.02. The number of nitrogens with zero attached hydrogens (tertiary/aromatic N) is 2. The third-order valence-electron chi connectivity index (χ3n) is 5.38. The summed E-state index contributed by atoms with van der Waals surface area (Å²) >= 11 is 1.23. The highest BCUT2D eigenvalue weighted by molar-refractivity contribution is 7.91. The molecule has 4 rings (SSSR count). The van der Waals surface area contributed by atoms with Crippen LogP contribution in [0.15, 0.2) is 46.3 Å². The number of ether oxygens (including phenoxy) is 4. The molecule has 192 valence electrons. The van der Waals surface area contributed by atoms with E-state index in [1.807, 2.05) is 0 Å². The van der Waals surface area contributed by atoms with E-state index in [1.54, 1.807) is 35.8 Å². The van der Waals surface area contributed by atoms with E-state index in [-0.39, 0.29) is 36.6 Å². The number of aromatic nitrogens is 1. The number of benzene rings is 2. The van der Waals surface area contributed by atoms with Crippen LogP contribution in [-0.4, -0.2) is 57.5 Å². The molecule has 1 amide bonds. The van der Waals surface area contributed by atoms with Gasteiger partial charge < -0.3 is 23.5 Å². The molecule has 3 aromatic rings. The summed E-state index contributed by atoms with van der Waals surface area (Å²) in [4.78, 5) is 29.6. The van der Waals surface area contributed by atoms with Gasteiger partial charge in [-0.05, 0) is 37.6 Å². The molecule has 12 heteroatoms. The van der Waals surface area contributed by atoms with Crippen molar-refractivity contribution >= 4 is 43.3 Å². The zero-order chi connectivity index (χ0) is 25.7. The maximum atomic E-state index is 12.7. The Morgan fingerprint density at radius 1 is 1.11 bits per heavy atom. The zero-order valence-corrected chi connectivity index (χ0v) is 21.5. The summed E-state index contributed by atoms with van der Waals surface area (Å²) < 4.78 is 49.0. The number of methoxy groups -OCH3 is 1. The average Bonchev–Trinajstić information content (AvgIpc) is 3.17. The SMILES string of the molecule is CCOC(=O)Cn1c(=NC(=O)CCCS(=O)(=O)c2ccc(OC)cc2)sc2cc3c(cc21)OCCO3. The molecule has 0 saturated heterocycles. The first kappa shape index (κ1) is 25.7. The number of hydrogen-bond acceptors (Lipinski definition) is 9. The van der Waals surface area contributed by atoms with E-state index >= 15 is 0 Å². The van der Waals surface area contributed by atoms with Gasteiger partial charge >= 0.3 is 5.97 Å². The van der Waals surface area contributed by atoms with Gasteiger partial charge in [0, 0.05) is 18.6 Å². The maximum absolute atomic E-state index is 12.7. The van der Waals surface area contributed by atoms with Crippen LogP contribution in [0, 0.1) is 0 Å². The number of hydrogen-bond donors (Lipinski definition) is 0. The fourth-order valence-electron chi connectivity index (χ4n) is 3.66. The Kier molecular flexibility index (Phi) is 7.94. The Hall–Kier alpha value is -3.38. The third kappa shape index (κ3) is 5.88. The molecule has 0 N–H and O–H groups in total. The van der Waals surface area contributed by atoms with Crippen molar-refractivity contribution in [3.63, 3.8) is 0 Å². The molecule has 2 aromatic carbocycles. The summed E-state index contributed by atoms with van der Waals surface area (Å²) in [5.41, 5.74) is 0.658. The van der Waals surface area contributed by atoms with E-state index in [0.29, 0.717) is 40.8 Å². The minimum Gasteiger partial charge on any atom is -0.497 e. The van der Waals surface area contributed by atoms with Crippen molar-refractivity contribution in [2.45, 2.75) is 31.2 Å². The summed E-state index contributed by atoms with van der Waals surface area (Å²) in [6.45, 7) is 2.65. The first-order valence-corrected chi connectivity index (χ1v) is 13.8. The molecular formula is C24H26N2O8S2. The molecular weight excluding hydrogens is 508 g/mol. The van der Waals surface area contributed by atoms with Crippen LogP contribution in [-0.2, 0) is 30.7 Å². The van der Waals surface area contributed by atoms with Gasteiger partial charge in [-0.3, -0.25) is 9.59 Å². The minimum absolute atomic E-state index is 0.0637. The van der Waals surface area contributed by atoms with Crippen LogP contribution in [0.2, 0.25) is 0 Å². The molecule has 0 aliphatic carbocycles. The Morgan fingerprint density at radius 3 is 2.47 bits per heavy atom. The minimum atomic E-state index is -3.56. The summed E-state index contributed by atoms with van der Waals surface area (Å²) in [7, 11) is -2.05. The lowest BCUT2D eigenvalue weighted by Crippen LogP contribution is -2.23. The number of rotatable bonds is 9. The van der Waals surface area contributed by atoms with E-state index < -0.39 is 21.7 Å². The second-order valence-corrected chi connectivity index (χ2v) is 11.0. The van der Waals surface area contributed by atoms with Gasteiger partial charge in [-0.25, -0.2) is 8.42 Å². The molecule has 1 aromatic heterocycles. The predicted octanol–water partition coefficient (Wildman–Crippen LogP) is 2.73. The average molecular weight is 535 g/mol. The van der Waals surface area contributed by atoms with Crippen LogP contribution in [0.3, 0.4) is 0 Å². The van der Waals surface area contributed by atoms with Crippen LogP contribution in [0.25, 0.3) is 10.2 Å². The van der Waals surface area contributed by atoms with Crippen molar-refractivity contribution in [2.24, 2.45) is 4.99 Å². The van der Waals surface area contributed by atoms with Gasteiger partial charge in [0.15, 0.2) is 26.1 Å². The van der Waals surface area contributed by atoms with Crippen molar-refractivity contribution in [2.75, 3.05) is 32.7 Å². The van der Waals surface area contributed by atoms with E-state index in [2.05, 4.69) is 4.99 Å². The third-order valence-corrected chi connectivity index (χ3v) is 8.24. The second-order valence-electron chi connectivity index (χ2n) is 7.84. The number of sulfone groups is 1. The standard InChI is InChI=1S/C24H26N2O8S2/c1-3-32-23(28)15-26-18-13-19-20(34-11-10-33-19)14-21(18)35-24(26)25-22(27)5-4-12-36(29,30)17-8-6-16(31-2)7-9-17/h6-9,13-14H,3-5,10-12,15H2,1-2H3. The molecule has 0 unspecified atom stereocenters. The van der Waals surface area contributed by atoms with E-state index in [1.165, 1.54) is 30.6 Å². The number of fused-ring (bicyclic) bond motifs is 2. The van der Waals surface area contributed by atoms with E-state index in [4.69, 9.17) is 18.9 Å². The van der Waals surface area contributed by atoms with Gasteiger partial charge in [0.25, 0.3) is 0 Å². The van der Waals surface area contributed by atoms with Crippen LogP contribution in [0.5, 0.6) is 17.2 Å². The highest BCUT2D eigenvalue weighted by Crippen LogP contribution is 2.35. The van der Waals surface area contributed by atoms with Crippen LogP contribution >= 0.6 is 11.3 Å². The first-order chi connectivity index (χ1) is 17.3. The van der Waals surface area contributed by atoms with Gasteiger partial charge in [0.2, 0.25) is 5.91 Å². The van der Waals surface area contributed by atoms with Crippen molar-refractivity contribution in [3.05, 3.63) is 41.2 Å². The molecule has 0 atom stereocenters. The Balaban J connectivity index is 1.54. The van der Waals surface area contributed by atoms with Gasteiger partial charge in [-0.15, -0.1) is 0 Å². The lowest BCUT2D eigenvalue weighted by atomic mass is 10.2. The molecule has 0 saturated carbocycles. The van der Waals surface area contributed by atoms with E-state index in [0.717, 1.165) is 4.70 Å². The van der Waals surface area contributed by atoms with Crippen molar-refractivity contribution in [1.29, 1.82) is 0 Å². The molecule has 10 nitrogen and oxygen atoms in total. The molecule has 0 radical (unpaired) electrons.